The molecule has 1 atom stereocenters. The van der Waals surface area contributed by atoms with Crippen molar-refractivity contribution in [3.8, 4) is 0 Å². The highest BCUT2D eigenvalue weighted by atomic mass is 35.5. The van der Waals surface area contributed by atoms with E-state index in [0.29, 0.717) is 19.7 Å². The van der Waals surface area contributed by atoms with Crippen LogP contribution in [0, 0.1) is 11.2 Å². The van der Waals surface area contributed by atoms with E-state index in [1.807, 2.05) is 24.3 Å². The summed E-state index contributed by atoms with van der Waals surface area (Å²) in [6, 6.07) is 8.51. The molecule has 9 nitrogen and oxygen atoms in total. The molecule has 3 saturated heterocycles. The van der Waals surface area contributed by atoms with Gasteiger partial charge in [0.15, 0.2) is 0 Å². The number of benzene rings is 1. The van der Waals surface area contributed by atoms with E-state index < -0.39 is 5.82 Å². The molecule has 0 radical (unpaired) electrons. The smallest absolute Gasteiger partial charge is 0.258 e. The summed E-state index contributed by atoms with van der Waals surface area (Å²) in [6.07, 6.45) is 6.97. The topological polar surface area (TPSA) is 85.0 Å². The molecule has 0 saturated carbocycles. The van der Waals surface area contributed by atoms with Crippen LogP contribution in [0.25, 0.3) is 5.57 Å². The Hall–Kier alpha value is -3.44. The van der Waals surface area contributed by atoms with E-state index in [4.69, 9.17) is 21.3 Å². The van der Waals surface area contributed by atoms with E-state index in [2.05, 4.69) is 39.4 Å². The number of rotatable bonds is 5. The lowest BCUT2D eigenvalue weighted by atomic mass is 9.78. The quantitative estimate of drug-likeness (QED) is 0.525. The third-order valence-corrected chi connectivity index (χ3v) is 8.45. The number of nitrogens with zero attached hydrogens (tertiary/aromatic N) is 4. The molecule has 0 bridgehead atoms. The zero-order valence-corrected chi connectivity index (χ0v) is 22.3. The van der Waals surface area contributed by atoms with E-state index in [0.717, 1.165) is 54.5 Å². The van der Waals surface area contributed by atoms with Crippen molar-refractivity contribution >= 4 is 28.9 Å². The van der Waals surface area contributed by atoms with Crippen molar-refractivity contribution < 1.29 is 13.9 Å². The molecule has 3 fully saturated rings. The van der Waals surface area contributed by atoms with Crippen LogP contribution >= 0.6 is 11.6 Å². The maximum atomic E-state index is 14.3. The molecule has 1 aromatic carbocycles. The monoisotopic (exact) mass is 549 g/mol. The van der Waals surface area contributed by atoms with Crippen LogP contribution < -0.4 is 21.2 Å². The molecule has 0 aliphatic carbocycles. The van der Waals surface area contributed by atoms with Gasteiger partial charge < -0.3 is 14.5 Å². The fourth-order valence-electron chi connectivity index (χ4n) is 6.26. The standard InChI is InChI=1S/C28H29ClFN7O2/c1-2-39-18-10-19(25-20-12-32-33-26(20)34-37(25)13-18)17-6-7-23(31-11-17)35-9-8-28(14-35)15-36(16-28)27(38)24-21(29)4-3-5-22(24)30/h3-7,10-11,13,26,32-34H,2,8-9,12,14-16H2,1H3. The Balaban J connectivity index is 1.06. The number of aromatic nitrogens is 1. The van der Waals surface area contributed by atoms with Crippen molar-refractivity contribution in [2.45, 2.75) is 19.5 Å². The van der Waals surface area contributed by atoms with Gasteiger partial charge in [0.1, 0.15) is 23.6 Å². The molecule has 1 aromatic heterocycles. The summed E-state index contributed by atoms with van der Waals surface area (Å²) in [7, 11) is 0. The molecular formula is C28H29ClFN7O2. The van der Waals surface area contributed by atoms with Crippen LogP contribution in [-0.2, 0) is 4.74 Å². The van der Waals surface area contributed by atoms with E-state index in [1.54, 1.807) is 11.0 Å². The molecule has 5 aliphatic rings. The van der Waals surface area contributed by atoms with Gasteiger partial charge in [0.05, 0.1) is 29.1 Å². The second-order valence-electron chi connectivity index (χ2n) is 10.7. The molecule has 1 spiro atoms. The molecule has 3 N–H and O–H groups in total. The number of hydrogen-bond donors (Lipinski definition) is 3. The Labute approximate surface area is 230 Å². The zero-order chi connectivity index (χ0) is 26.7. The van der Waals surface area contributed by atoms with E-state index in [9.17, 15) is 9.18 Å². The number of halogens is 2. The fraction of sp³-hybridized carbons (Fsp3) is 0.357. The summed E-state index contributed by atoms with van der Waals surface area (Å²) >= 11 is 6.12. The van der Waals surface area contributed by atoms with Gasteiger partial charge in [0.25, 0.3) is 5.91 Å². The van der Waals surface area contributed by atoms with Gasteiger partial charge in [0.2, 0.25) is 0 Å². The number of hydrogen-bond acceptors (Lipinski definition) is 8. The van der Waals surface area contributed by atoms with Crippen molar-refractivity contribution in [2.75, 3.05) is 44.2 Å². The Morgan fingerprint density at radius 3 is 2.90 bits per heavy atom. The molecule has 39 heavy (non-hydrogen) atoms. The number of nitrogens with one attached hydrogen (secondary N) is 3. The number of allylic oxidation sites excluding steroid dienone is 2. The summed E-state index contributed by atoms with van der Waals surface area (Å²) in [6.45, 7) is 6.17. The molecule has 5 aliphatic heterocycles. The van der Waals surface area contributed by atoms with E-state index >= 15 is 0 Å². The van der Waals surface area contributed by atoms with Gasteiger partial charge >= 0.3 is 0 Å². The van der Waals surface area contributed by atoms with Crippen LogP contribution in [0.4, 0.5) is 10.2 Å². The Kier molecular flexibility index (Phi) is 5.89. The molecule has 6 heterocycles. The first-order valence-corrected chi connectivity index (χ1v) is 13.6. The van der Waals surface area contributed by atoms with Crippen LogP contribution in [0.1, 0.15) is 29.3 Å². The highest BCUT2D eigenvalue weighted by molar-refractivity contribution is 6.33. The zero-order valence-electron chi connectivity index (χ0n) is 21.5. The number of carbonyl (C=O) groups is 1. The maximum Gasteiger partial charge on any atom is 0.258 e. The molecule has 11 heteroatoms. The number of ether oxygens (including phenoxy) is 1. The highest BCUT2D eigenvalue weighted by Gasteiger charge is 2.50. The predicted octanol–water partition coefficient (Wildman–Crippen LogP) is 3.01. The normalized spacial score (nSPS) is 23.1. The minimum absolute atomic E-state index is 0.00315. The first kappa shape index (κ1) is 24.6. The van der Waals surface area contributed by atoms with Crippen molar-refractivity contribution in [1.82, 2.24) is 31.2 Å². The number of anilines is 1. The van der Waals surface area contributed by atoms with Crippen molar-refractivity contribution in [3.63, 3.8) is 0 Å². The maximum absolute atomic E-state index is 14.3. The first-order chi connectivity index (χ1) is 18.9. The summed E-state index contributed by atoms with van der Waals surface area (Å²) in [5.41, 5.74) is 14.3. The molecule has 2 aromatic rings. The van der Waals surface area contributed by atoms with Crippen LogP contribution in [-0.4, -0.2) is 66.3 Å². The third-order valence-electron chi connectivity index (χ3n) is 8.13. The number of amides is 1. The molecule has 1 amide bonds. The van der Waals surface area contributed by atoms with Crippen LogP contribution in [0.5, 0.6) is 0 Å². The Bertz CT molecular complexity index is 1410. The average molecular weight is 550 g/mol. The minimum atomic E-state index is -0.577. The van der Waals surface area contributed by atoms with E-state index in [1.165, 1.54) is 17.7 Å². The Morgan fingerprint density at radius 2 is 2.13 bits per heavy atom. The second kappa shape index (κ2) is 9.34. The van der Waals surface area contributed by atoms with Crippen molar-refractivity contribution in [3.05, 3.63) is 87.8 Å². The largest absolute Gasteiger partial charge is 0.492 e. The summed E-state index contributed by atoms with van der Waals surface area (Å²) in [4.78, 5) is 21.7. The van der Waals surface area contributed by atoms with Crippen molar-refractivity contribution in [1.29, 1.82) is 0 Å². The SMILES string of the molecule is CCOC1=CN2NC3NNCC3=C2C(c2ccc(N3CCC4(CN(C(=O)c5c(F)cccc5Cl)C4)C3)nc2)=C1. The van der Waals surface area contributed by atoms with Crippen LogP contribution in [0.15, 0.2) is 65.8 Å². The summed E-state index contributed by atoms with van der Waals surface area (Å²) in [5.74, 6) is 0.789. The fourth-order valence-corrected chi connectivity index (χ4v) is 6.50. The first-order valence-electron chi connectivity index (χ1n) is 13.2. The highest BCUT2D eigenvalue weighted by Crippen LogP contribution is 2.43. The summed E-state index contributed by atoms with van der Waals surface area (Å²) < 4.78 is 20.1. The third kappa shape index (κ3) is 4.10. The van der Waals surface area contributed by atoms with E-state index in [-0.39, 0.29) is 28.1 Å². The van der Waals surface area contributed by atoms with Crippen LogP contribution in [0.2, 0.25) is 5.02 Å². The van der Waals surface area contributed by atoms with Crippen LogP contribution in [0.3, 0.4) is 0 Å². The van der Waals surface area contributed by atoms with Gasteiger partial charge in [-0.1, -0.05) is 17.7 Å². The number of fused-ring (bicyclic) bond motifs is 2. The summed E-state index contributed by atoms with van der Waals surface area (Å²) in [5, 5.41) is 2.18. The molecule has 202 valence electrons. The van der Waals surface area contributed by atoms with Gasteiger partial charge in [-0.05, 0) is 43.7 Å². The number of likely N-dealkylation sites (tertiary alicyclic amines) is 1. The molecule has 1 unspecified atom stereocenters. The van der Waals surface area contributed by atoms with Gasteiger partial charge in [0, 0.05) is 61.0 Å². The second-order valence-corrected chi connectivity index (χ2v) is 11.1. The molecular weight excluding hydrogens is 521 g/mol. The Morgan fingerprint density at radius 1 is 1.26 bits per heavy atom. The van der Waals surface area contributed by atoms with Gasteiger partial charge in [-0.25, -0.2) is 20.2 Å². The lowest BCUT2D eigenvalue weighted by molar-refractivity contribution is 0.0163. The number of hydrazine groups is 2. The minimum Gasteiger partial charge on any atom is -0.492 e. The van der Waals surface area contributed by atoms with Gasteiger partial charge in [-0.15, -0.1) is 0 Å². The lowest BCUT2D eigenvalue weighted by Gasteiger charge is -2.48. The average Bonchev–Trinajstić information content (AvgIpc) is 3.62. The predicted molar refractivity (Wildman–Crippen MR) is 145 cm³/mol. The lowest BCUT2D eigenvalue weighted by Crippen LogP contribution is -2.59. The molecule has 7 rings (SSSR count). The van der Waals surface area contributed by atoms with Gasteiger partial charge in [-0.2, -0.15) is 0 Å². The number of carbonyl (C=O) groups excluding carboxylic acids is 1. The number of pyridine rings is 1. The van der Waals surface area contributed by atoms with Gasteiger partial charge in [-0.3, -0.25) is 15.2 Å². The van der Waals surface area contributed by atoms with Crippen molar-refractivity contribution in [2.24, 2.45) is 5.41 Å².